The number of ether oxygens (including phenoxy) is 1. The summed E-state index contributed by atoms with van der Waals surface area (Å²) in [6.45, 7) is 2.35. The Morgan fingerprint density at radius 1 is 1.43 bits per heavy atom. The van der Waals surface area contributed by atoms with E-state index in [2.05, 4.69) is 15.5 Å². The molecule has 122 valence electrons. The molecule has 0 bridgehead atoms. The molecular weight excluding hydrogens is 313 g/mol. The number of anilines is 1. The van der Waals surface area contributed by atoms with Gasteiger partial charge in [-0.05, 0) is 37.5 Å². The topological polar surface area (TPSA) is 46.5 Å². The molecule has 1 fully saturated rings. The highest BCUT2D eigenvalue weighted by atomic mass is 32.1. The van der Waals surface area contributed by atoms with Gasteiger partial charge in [0.05, 0.1) is 24.6 Å². The predicted octanol–water partition coefficient (Wildman–Crippen LogP) is 4.50. The molecule has 1 saturated carbocycles. The van der Waals surface area contributed by atoms with Gasteiger partial charge in [-0.25, -0.2) is 9.37 Å². The Hall–Kier alpha value is -1.79. The van der Waals surface area contributed by atoms with E-state index in [9.17, 15) is 4.39 Å². The van der Waals surface area contributed by atoms with Crippen molar-refractivity contribution in [1.29, 1.82) is 0 Å². The molecule has 0 unspecified atom stereocenters. The van der Waals surface area contributed by atoms with Crippen molar-refractivity contribution in [2.75, 3.05) is 5.43 Å². The molecule has 3 rings (SSSR count). The Morgan fingerprint density at radius 3 is 3.00 bits per heavy atom. The number of hydrazone groups is 1. The van der Waals surface area contributed by atoms with E-state index in [4.69, 9.17) is 4.74 Å². The van der Waals surface area contributed by atoms with Crippen LogP contribution in [0.15, 0.2) is 28.7 Å². The van der Waals surface area contributed by atoms with Crippen molar-refractivity contribution in [2.45, 2.75) is 45.3 Å². The highest BCUT2D eigenvalue weighted by molar-refractivity contribution is 7.13. The minimum atomic E-state index is -0.254. The molecule has 23 heavy (non-hydrogen) atoms. The van der Waals surface area contributed by atoms with Gasteiger partial charge in [-0.15, -0.1) is 11.3 Å². The highest BCUT2D eigenvalue weighted by Gasteiger charge is 2.16. The molecule has 1 aliphatic carbocycles. The third kappa shape index (κ3) is 4.59. The number of benzene rings is 1. The summed E-state index contributed by atoms with van der Waals surface area (Å²) in [4.78, 5) is 4.28. The summed E-state index contributed by atoms with van der Waals surface area (Å²) in [6.07, 6.45) is 6.63. The van der Waals surface area contributed by atoms with Crippen molar-refractivity contribution in [3.05, 3.63) is 46.2 Å². The van der Waals surface area contributed by atoms with Crippen LogP contribution in [0.1, 0.15) is 42.5 Å². The van der Waals surface area contributed by atoms with E-state index in [0.29, 0.717) is 12.7 Å². The fraction of sp³-hybridized carbons (Fsp3) is 0.412. The summed E-state index contributed by atoms with van der Waals surface area (Å²) in [5.74, 6) is -0.254. The standard InChI is InChI=1S/C17H20FN3OS/c1-12-11-23-17(20-12)21-19-9-13-6-7-15(18)8-14(13)10-22-16-4-2-3-5-16/h6-9,11,16H,2-5,10H2,1H3,(H,20,21). The van der Waals surface area contributed by atoms with Crippen molar-refractivity contribution in [3.8, 4) is 0 Å². The number of aryl methyl sites for hydroxylation is 1. The highest BCUT2D eigenvalue weighted by Crippen LogP contribution is 2.23. The van der Waals surface area contributed by atoms with Crippen LogP contribution in [0.25, 0.3) is 0 Å². The number of thiazole rings is 1. The average Bonchev–Trinajstić information content (AvgIpc) is 3.19. The van der Waals surface area contributed by atoms with Gasteiger partial charge in [0.2, 0.25) is 5.13 Å². The van der Waals surface area contributed by atoms with E-state index in [1.165, 1.54) is 36.3 Å². The largest absolute Gasteiger partial charge is 0.374 e. The first-order valence-electron chi connectivity index (χ1n) is 7.82. The summed E-state index contributed by atoms with van der Waals surface area (Å²) in [5, 5.41) is 6.89. The van der Waals surface area contributed by atoms with Crippen molar-refractivity contribution in [2.24, 2.45) is 5.10 Å². The number of nitrogens with one attached hydrogen (secondary N) is 1. The van der Waals surface area contributed by atoms with E-state index < -0.39 is 0 Å². The van der Waals surface area contributed by atoms with Crippen molar-refractivity contribution in [3.63, 3.8) is 0 Å². The normalized spacial score (nSPS) is 15.6. The average molecular weight is 333 g/mol. The zero-order valence-electron chi connectivity index (χ0n) is 13.1. The van der Waals surface area contributed by atoms with Crippen LogP contribution in [-0.4, -0.2) is 17.3 Å². The van der Waals surface area contributed by atoms with Gasteiger partial charge in [0.25, 0.3) is 0 Å². The van der Waals surface area contributed by atoms with Gasteiger partial charge < -0.3 is 4.74 Å². The Bertz CT molecular complexity index is 680. The first kappa shape index (κ1) is 16.1. The molecule has 1 aromatic carbocycles. The molecule has 1 aliphatic rings. The van der Waals surface area contributed by atoms with Crippen LogP contribution in [0.3, 0.4) is 0 Å². The van der Waals surface area contributed by atoms with Crippen LogP contribution in [0.4, 0.5) is 9.52 Å². The second kappa shape index (κ2) is 7.66. The van der Waals surface area contributed by atoms with Crippen molar-refractivity contribution < 1.29 is 9.13 Å². The molecule has 2 aromatic rings. The zero-order valence-corrected chi connectivity index (χ0v) is 13.9. The number of hydrogen-bond donors (Lipinski definition) is 1. The molecule has 0 amide bonds. The third-order valence-electron chi connectivity index (χ3n) is 3.86. The number of halogens is 1. The predicted molar refractivity (Wildman–Crippen MR) is 91.5 cm³/mol. The molecule has 0 radical (unpaired) electrons. The van der Waals surface area contributed by atoms with Gasteiger partial charge in [0.1, 0.15) is 5.82 Å². The summed E-state index contributed by atoms with van der Waals surface area (Å²) >= 11 is 1.50. The van der Waals surface area contributed by atoms with Gasteiger partial charge in [-0.2, -0.15) is 5.10 Å². The van der Waals surface area contributed by atoms with Crippen LogP contribution in [0.2, 0.25) is 0 Å². The van der Waals surface area contributed by atoms with E-state index in [1.54, 1.807) is 12.3 Å². The Morgan fingerprint density at radius 2 is 2.26 bits per heavy atom. The number of aromatic nitrogens is 1. The summed E-state index contributed by atoms with van der Waals surface area (Å²) in [5.41, 5.74) is 5.52. The van der Waals surface area contributed by atoms with Crippen LogP contribution < -0.4 is 5.43 Å². The summed E-state index contributed by atoms with van der Waals surface area (Å²) < 4.78 is 19.4. The lowest BCUT2D eigenvalue weighted by Gasteiger charge is -2.12. The van der Waals surface area contributed by atoms with E-state index in [-0.39, 0.29) is 5.82 Å². The molecule has 1 N–H and O–H groups in total. The first-order chi connectivity index (χ1) is 11.2. The summed E-state index contributed by atoms with van der Waals surface area (Å²) in [7, 11) is 0. The second-order valence-corrected chi connectivity index (χ2v) is 6.58. The van der Waals surface area contributed by atoms with Crippen LogP contribution in [-0.2, 0) is 11.3 Å². The minimum Gasteiger partial charge on any atom is -0.374 e. The third-order valence-corrected chi connectivity index (χ3v) is 4.73. The lowest BCUT2D eigenvalue weighted by atomic mass is 10.1. The van der Waals surface area contributed by atoms with E-state index in [1.807, 2.05) is 12.3 Å². The molecule has 1 aromatic heterocycles. The van der Waals surface area contributed by atoms with Gasteiger partial charge >= 0.3 is 0 Å². The number of nitrogens with zero attached hydrogens (tertiary/aromatic N) is 2. The maximum absolute atomic E-state index is 13.5. The number of rotatable bonds is 6. The minimum absolute atomic E-state index is 0.254. The maximum atomic E-state index is 13.5. The lowest BCUT2D eigenvalue weighted by molar-refractivity contribution is 0.0455. The molecule has 0 aliphatic heterocycles. The monoisotopic (exact) mass is 333 g/mol. The molecule has 0 spiro atoms. The molecule has 6 heteroatoms. The van der Waals surface area contributed by atoms with Crippen LogP contribution >= 0.6 is 11.3 Å². The van der Waals surface area contributed by atoms with Gasteiger partial charge in [0.15, 0.2) is 0 Å². The first-order valence-corrected chi connectivity index (χ1v) is 8.70. The Labute approximate surface area is 139 Å². The molecular formula is C17H20FN3OS. The molecule has 4 nitrogen and oxygen atoms in total. The van der Waals surface area contributed by atoms with Crippen LogP contribution in [0.5, 0.6) is 0 Å². The molecule has 1 heterocycles. The SMILES string of the molecule is Cc1csc(NN=Cc2ccc(F)cc2COC2CCCC2)n1. The van der Waals surface area contributed by atoms with Gasteiger partial charge in [-0.3, -0.25) is 5.43 Å². The van der Waals surface area contributed by atoms with Crippen molar-refractivity contribution in [1.82, 2.24) is 4.98 Å². The fourth-order valence-electron chi connectivity index (χ4n) is 2.65. The second-order valence-electron chi connectivity index (χ2n) is 5.72. The lowest BCUT2D eigenvalue weighted by Crippen LogP contribution is -2.08. The molecule has 0 saturated heterocycles. The van der Waals surface area contributed by atoms with Crippen LogP contribution in [0, 0.1) is 12.7 Å². The van der Waals surface area contributed by atoms with E-state index >= 15 is 0 Å². The molecule has 0 atom stereocenters. The van der Waals surface area contributed by atoms with Gasteiger partial charge in [-0.1, -0.05) is 18.9 Å². The number of hydrogen-bond acceptors (Lipinski definition) is 5. The maximum Gasteiger partial charge on any atom is 0.203 e. The summed E-state index contributed by atoms with van der Waals surface area (Å²) in [6, 6.07) is 4.68. The van der Waals surface area contributed by atoms with Crippen molar-refractivity contribution >= 4 is 22.7 Å². The smallest absolute Gasteiger partial charge is 0.203 e. The van der Waals surface area contributed by atoms with E-state index in [0.717, 1.165) is 34.8 Å². The van der Waals surface area contributed by atoms with Gasteiger partial charge in [0, 0.05) is 10.9 Å². The quantitative estimate of drug-likeness (QED) is 0.625. The fourth-order valence-corrected chi connectivity index (χ4v) is 3.29. The zero-order chi connectivity index (χ0) is 16.1. The Balaban J connectivity index is 1.65. The Kier molecular flexibility index (Phi) is 5.35.